The lowest BCUT2D eigenvalue weighted by Crippen LogP contribution is -2.28. The molecule has 16 heavy (non-hydrogen) atoms. The largest absolute Gasteiger partial charge is 0.341 e. The zero-order valence-electron chi connectivity index (χ0n) is 10.2. The third-order valence-corrected chi connectivity index (χ3v) is 3.47. The van der Waals surface area contributed by atoms with Gasteiger partial charge in [0.15, 0.2) is 0 Å². The van der Waals surface area contributed by atoms with Crippen molar-refractivity contribution >= 4 is 5.91 Å². The molecule has 2 heteroatoms. The van der Waals surface area contributed by atoms with Crippen LogP contribution < -0.4 is 0 Å². The second-order valence-electron chi connectivity index (χ2n) is 4.94. The predicted octanol–water partition coefficient (Wildman–Crippen LogP) is 2.61. The van der Waals surface area contributed by atoms with E-state index in [1.165, 1.54) is 11.1 Å². The highest BCUT2D eigenvalue weighted by atomic mass is 16.2. The maximum Gasteiger partial charge on any atom is 0.226 e. The van der Waals surface area contributed by atoms with Crippen molar-refractivity contribution in [1.29, 1.82) is 0 Å². The molecule has 0 radical (unpaired) electrons. The maximum atomic E-state index is 12.0. The van der Waals surface area contributed by atoms with Crippen LogP contribution >= 0.6 is 0 Å². The van der Waals surface area contributed by atoms with Crippen molar-refractivity contribution in [2.45, 2.75) is 26.8 Å². The van der Waals surface area contributed by atoms with Crippen molar-refractivity contribution in [3.63, 3.8) is 0 Å². The lowest BCUT2D eigenvalue weighted by molar-refractivity contribution is -0.132. The first-order valence-corrected chi connectivity index (χ1v) is 5.89. The number of hydrogen-bond acceptors (Lipinski definition) is 1. The summed E-state index contributed by atoms with van der Waals surface area (Å²) in [4.78, 5) is 13.8. The second kappa shape index (κ2) is 4.28. The van der Waals surface area contributed by atoms with Gasteiger partial charge in [0.25, 0.3) is 0 Å². The van der Waals surface area contributed by atoms with E-state index in [1.54, 1.807) is 0 Å². The van der Waals surface area contributed by atoms with E-state index in [9.17, 15) is 4.79 Å². The molecule has 1 aromatic carbocycles. The van der Waals surface area contributed by atoms with Gasteiger partial charge in [-0.15, -0.1) is 0 Å². The number of carbonyl (C=O) groups is 1. The molecule has 86 valence electrons. The van der Waals surface area contributed by atoms with Gasteiger partial charge < -0.3 is 4.90 Å². The highest BCUT2D eigenvalue weighted by Gasteiger charge is 2.40. The average Bonchev–Trinajstić information content (AvgIpc) is 2.98. The van der Waals surface area contributed by atoms with Crippen LogP contribution in [0.25, 0.3) is 0 Å². The molecule has 0 saturated heterocycles. The fraction of sp³-hybridized carbons (Fsp3) is 0.500. The first-order chi connectivity index (χ1) is 7.59. The molecule has 1 amide bonds. The quantitative estimate of drug-likeness (QED) is 0.762. The zero-order chi connectivity index (χ0) is 11.7. The van der Waals surface area contributed by atoms with Crippen LogP contribution in [0, 0.1) is 18.8 Å². The Morgan fingerprint density at radius 3 is 2.62 bits per heavy atom. The first-order valence-electron chi connectivity index (χ1n) is 5.89. The van der Waals surface area contributed by atoms with Gasteiger partial charge in [0.2, 0.25) is 5.91 Å². The standard InChI is InChI=1S/C14H19NO/c1-10-6-4-5-7-12(10)9-15(3)14(16)13-8-11(13)2/h4-7,11,13H,8-9H2,1-3H3. The molecule has 0 N–H and O–H groups in total. The van der Waals surface area contributed by atoms with Gasteiger partial charge in [-0.1, -0.05) is 31.2 Å². The Kier molecular flexibility index (Phi) is 2.99. The van der Waals surface area contributed by atoms with Crippen molar-refractivity contribution in [3.8, 4) is 0 Å². The molecule has 2 nitrogen and oxygen atoms in total. The van der Waals surface area contributed by atoms with Gasteiger partial charge in [-0.05, 0) is 30.4 Å². The predicted molar refractivity (Wildman–Crippen MR) is 64.9 cm³/mol. The second-order valence-corrected chi connectivity index (χ2v) is 4.94. The third-order valence-electron chi connectivity index (χ3n) is 3.47. The molecule has 2 unspecified atom stereocenters. The van der Waals surface area contributed by atoms with E-state index in [0.717, 1.165) is 13.0 Å². The van der Waals surface area contributed by atoms with Crippen LogP contribution in [-0.2, 0) is 11.3 Å². The maximum absolute atomic E-state index is 12.0. The summed E-state index contributed by atoms with van der Waals surface area (Å²) in [6.07, 6.45) is 1.07. The van der Waals surface area contributed by atoms with E-state index in [-0.39, 0.29) is 5.92 Å². The van der Waals surface area contributed by atoms with E-state index in [2.05, 4.69) is 26.0 Å². The summed E-state index contributed by atoms with van der Waals surface area (Å²) >= 11 is 0. The van der Waals surface area contributed by atoms with Crippen LogP contribution in [0.1, 0.15) is 24.5 Å². The summed E-state index contributed by atoms with van der Waals surface area (Å²) in [6, 6.07) is 8.24. The molecule has 2 atom stereocenters. The fourth-order valence-electron chi connectivity index (χ4n) is 2.07. The van der Waals surface area contributed by atoms with Crippen LogP contribution in [-0.4, -0.2) is 17.9 Å². The minimum atomic E-state index is 0.286. The Morgan fingerprint density at radius 1 is 1.44 bits per heavy atom. The fourth-order valence-corrected chi connectivity index (χ4v) is 2.07. The molecule has 1 saturated carbocycles. The van der Waals surface area contributed by atoms with E-state index < -0.39 is 0 Å². The summed E-state index contributed by atoms with van der Waals surface area (Å²) in [5.74, 6) is 1.18. The van der Waals surface area contributed by atoms with E-state index >= 15 is 0 Å². The summed E-state index contributed by atoms with van der Waals surface area (Å²) in [6.45, 7) is 4.96. The van der Waals surface area contributed by atoms with Crippen LogP contribution in [0.15, 0.2) is 24.3 Å². The summed E-state index contributed by atoms with van der Waals surface area (Å²) in [5.41, 5.74) is 2.50. The highest BCUT2D eigenvalue weighted by Crippen LogP contribution is 2.39. The minimum Gasteiger partial charge on any atom is -0.341 e. The Hall–Kier alpha value is -1.31. The number of carbonyl (C=O) groups excluding carboxylic acids is 1. The molecular weight excluding hydrogens is 198 g/mol. The number of nitrogens with zero attached hydrogens (tertiary/aromatic N) is 1. The Labute approximate surface area is 97.3 Å². The highest BCUT2D eigenvalue weighted by molar-refractivity contribution is 5.81. The van der Waals surface area contributed by atoms with Gasteiger partial charge in [-0.2, -0.15) is 0 Å². The zero-order valence-corrected chi connectivity index (χ0v) is 10.2. The van der Waals surface area contributed by atoms with Gasteiger partial charge in [0.05, 0.1) is 0 Å². The molecule has 0 spiro atoms. The van der Waals surface area contributed by atoms with Gasteiger partial charge in [-0.3, -0.25) is 4.79 Å². The van der Waals surface area contributed by atoms with Gasteiger partial charge in [0.1, 0.15) is 0 Å². The molecular formula is C14H19NO. The van der Waals surface area contributed by atoms with Crippen LogP contribution in [0.4, 0.5) is 0 Å². The third kappa shape index (κ3) is 2.26. The summed E-state index contributed by atoms with van der Waals surface area (Å²) < 4.78 is 0. The van der Waals surface area contributed by atoms with Crippen molar-refractivity contribution < 1.29 is 4.79 Å². The smallest absolute Gasteiger partial charge is 0.226 e. The molecule has 1 aromatic rings. The van der Waals surface area contributed by atoms with Gasteiger partial charge in [0, 0.05) is 19.5 Å². The van der Waals surface area contributed by atoms with Crippen LogP contribution in [0.2, 0.25) is 0 Å². The average molecular weight is 217 g/mol. The van der Waals surface area contributed by atoms with Gasteiger partial charge >= 0.3 is 0 Å². The van der Waals surface area contributed by atoms with E-state index in [4.69, 9.17) is 0 Å². The Morgan fingerprint density at radius 2 is 2.06 bits per heavy atom. The van der Waals surface area contributed by atoms with E-state index in [0.29, 0.717) is 11.8 Å². The molecule has 0 bridgehead atoms. The molecule has 1 aliphatic carbocycles. The molecule has 2 rings (SSSR count). The van der Waals surface area contributed by atoms with Crippen LogP contribution in [0.5, 0.6) is 0 Å². The van der Waals surface area contributed by atoms with Gasteiger partial charge in [-0.25, -0.2) is 0 Å². The Bertz CT molecular complexity index is 399. The topological polar surface area (TPSA) is 20.3 Å². The first kappa shape index (κ1) is 11.2. The number of amides is 1. The molecule has 1 fully saturated rings. The lowest BCUT2D eigenvalue weighted by Gasteiger charge is -2.18. The van der Waals surface area contributed by atoms with Crippen LogP contribution in [0.3, 0.4) is 0 Å². The minimum absolute atomic E-state index is 0.286. The van der Waals surface area contributed by atoms with E-state index in [1.807, 2.05) is 24.1 Å². The monoisotopic (exact) mass is 217 g/mol. The van der Waals surface area contributed by atoms with Crippen molar-refractivity contribution in [1.82, 2.24) is 4.90 Å². The number of rotatable bonds is 3. The molecule has 1 aliphatic rings. The normalized spacial score (nSPS) is 22.9. The van der Waals surface area contributed by atoms with Crippen molar-refractivity contribution in [2.24, 2.45) is 11.8 Å². The van der Waals surface area contributed by atoms with Crippen molar-refractivity contribution in [2.75, 3.05) is 7.05 Å². The Balaban J connectivity index is 1.99. The SMILES string of the molecule is Cc1ccccc1CN(C)C(=O)C1CC1C. The summed E-state index contributed by atoms with van der Waals surface area (Å²) in [5, 5.41) is 0. The number of aryl methyl sites for hydroxylation is 1. The number of benzene rings is 1. The summed E-state index contributed by atoms with van der Waals surface area (Å²) in [7, 11) is 1.90. The lowest BCUT2D eigenvalue weighted by atomic mass is 10.1. The van der Waals surface area contributed by atoms with Crippen molar-refractivity contribution in [3.05, 3.63) is 35.4 Å². The molecule has 0 aromatic heterocycles. The molecule has 0 aliphatic heterocycles. The number of hydrogen-bond donors (Lipinski definition) is 0. The molecule has 0 heterocycles.